The summed E-state index contributed by atoms with van der Waals surface area (Å²) >= 11 is 0. The Hall–Kier alpha value is -3.95. The third kappa shape index (κ3) is 4.18. The van der Waals surface area contributed by atoms with Crippen LogP contribution in [0.3, 0.4) is 0 Å². The molecule has 10 heteroatoms. The van der Waals surface area contributed by atoms with E-state index in [-0.39, 0.29) is 23.2 Å². The molecule has 7 nitrogen and oxygen atoms in total. The van der Waals surface area contributed by atoms with Crippen molar-refractivity contribution in [2.24, 2.45) is 0 Å². The van der Waals surface area contributed by atoms with E-state index in [0.29, 0.717) is 37.3 Å². The highest BCUT2D eigenvalue weighted by molar-refractivity contribution is 5.97. The third-order valence-electron chi connectivity index (χ3n) is 5.92. The van der Waals surface area contributed by atoms with Crippen LogP contribution in [0, 0.1) is 0 Å². The monoisotopic (exact) mass is 468 g/mol. The average molecular weight is 468 g/mol. The summed E-state index contributed by atoms with van der Waals surface area (Å²) in [5, 5.41) is 3.37. The van der Waals surface area contributed by atoms with Gasteiger partial charge in [-0.15, -0.1) is 0 Å². The molecule has 3 aromatic rings. The SMILES string of the molecule is O=C(c1cccc(-c2noc(C(F)(F)F)n2)c1)N1CCN(C(=O)c2ccc3c(c2)CC=C3)CC1. The molecule has 174 valence electrons. The van der Waals surface area contributed by atoms with Gasteiger partial charge in [0.05, 0.1) is 0 Å². The van der Waals surface area contributed by atoms with Crippen molar-refractivity contribution in [3.05, 3.63) is 76.7 Å². The van der Waals surface area contributed by atoms with Gasteiger partial charge in [-0.1, -0.05) is 35.5 Å². The summed E-state index contributed by atoms with van der Waals surface area (Å²) in [6, 6.07) is 11.8. The molecule has 5 rings (SSSR count). The predicted octanol–water partition coefficient (Wildman–Crippen LogP) is 3.92. The maximum absolute atomic E-state index is 13.0. The van der Waals surface area contributed by atoms with E-state index in [2.05, 4.69) is 20.7 Å². The quantitative estimate of drug-likeness (QED) is 0.582. The van der Waals surface area contributed by atoms with Gasteiger partial charge >= 0.3 is 12.1 Å². The topological polar surface area (TPSA) is 79.5 Å². The van der Waals surface area contributed by atoms with Crippen molar-refractivity contribution < 1.29 is 27.3 Å². The number of piperazine rings is 1. The smallest absolute Gasteiger partial charge is 0.335 e. The van der Waals surface area contributed by atoms with Crippen LogP contribution in [-0.4, -0.2) is 57.9 Å². The Bertz CT molecular complexity index is 1290. The van der Waals surface area contributed by atoms with Crippen LogP contribution in [0.15, 0.2) is 53.1 Å². The van der Waals surface area contributed by atoms with Crippen molar-refractivity contribution in [1.82, 2.24) is 19.9 Å². The highest BCUT2D eigenvalue weighted by Crippen LogP contribution is 2.29. The molecule has 1 aliphatic heterocycles. The lowest BCUT2D eigenvalue weighted by Crippen LogP contribution is -2.50. The number of carbonyl (C=O) groups is 2. The number of fused-ring (bicyclic) bond motifs is 1. The van der Waals surface area contributed by atoms with E-state index in [0.717, 1.165) is 17.5 Å². The van der Waals surface area contributed by atoms with E-state index >= 15 is 0 Å². The Morgan fingerprint density at radius 2 is 1.59 bits per heavy atom. The first kappa shape index (κ1) is 21.9. The first-order valence-electron chi connectivity index (χ1n) is 10.7. The van der Waals surface area contributed by atoms with E-state index in [1.807, 2.05) is 24.3 Å². The van der Waals surface area contributed by atoms with Gasteiger partial charge < -0.3 is 14.3 Å². The molecule has 0 atom stereocenters. The van der Waals surface area contributed by atoms with Crippen molar-refractivity contribution in [1.29, 1.82) is 0 Å². The molecule has 1 aromatic heterocycles. The highest BCUT2D eigenvalue weighted by Gasteiger charge is 2.38. The Morgan fingerprint density at radius 1 is 0.912 bits per heavy atom. The van der Waals surface area contributed by atoms with Crippen molar-refractivity contribution in [3.8, 4) is 11.4 Å². The van der Waals surface area contributed by atoms with Gasteiger partial charge in [-0.25, -0.2) is 0 Å². The molecular formula is C24H19F3N4O3. The van der Waals surface area contributed by atoms with Crippen LogP contribution in [0.2, 0.25) is 0 Å². The van der Waals surface area contributed by atoms with Crippen molar-refractivity contribution >= 4 is 17.9 Å². The number of hydrogen-bond acceptors (Lipinski definition) is 5. The summed E-state index contributed by atoms with van der Waals surface area (Å²) in [6.45, 7) is 1.47. The largest absolute Gasteiger partial charge is 0.471 e. The fraction of sp³-hybridized carbons (Fsp3) is 0.250. The lowest BCUT2D eigenvalue weighted by Gasteiger charge is -2.35. The molecule has 0 radical (unpaired) electrons. The number of aromatic nitrogens is 2. The minimum Gasteiger partial charge on any atom is -0.335 e. The van der Waals surface area contributed by atoms with E-state index in [1.54, 1.807) is 21.9 Å². The fourth-order valence-electron chi connectivity index (χ4n) is 4.12. The minimum atomic E-state index is -4.74. The molecule has 0 spiro atoms. The number of rotatable bonds is 3. The Balaban J connectivity index is 1.24. The lowest BCUT2D eigenvalue weighted by molar-refractivity contribution is -0.159. The van der Waals surface area contributed by atoms with Crippen LogP contribution in [0.5, 0.6) is 0 Å². The summed E-state index contributed by atoms with van der Waals surface area (Å²) in [7, 11) is 0. The van der Waals surface area contributed by atoms with Crippen LogP contribution in [0.1, 0.15) is 37.7 Å². The van der Waals surface area contributed by atoms with Gasteiger partial charge in [0.25, 0.3) is 11.8 Å². The summed E-state index contributed by atoms with van der Waals surface area (Å²) in [6.07, 6.45) is 0.175. The van der Waals surface area contributed by atoms with Crippen LogP contribution < -0.4 is 0 Å². The zero-order chi connectivity index (χ0) is 23.9. The Morgan fingerprint density at radius 3 is 2.24 bits per heavy atom. The van der Waals surface area contributed by atoms with Crippen molar-refractivity contribution in [2.45, 2.75) is 12.6 Å². The van der Waals surface area contributed by atoms with E-state index in [4.69, 9.17) is 0 Å². The molecule has 2 amide bonds. The summed E-state index contributed by atoms with van der Waals surface area (Å²) in [5.41, 5.74) is 3.42. The number of carbonyl (C=O) groups excluding carboxylic acids is 2. The molecule has 1 saturated heterocycles. The van der Waals surface area contributed by atoms with Crippen molar-refractivity contribution in [3.63, 3.8) is 0 Å². The number of halogens is 3. The maximum Gasteiger partial charge on any atom is 0.471 e. The summed E-state index contributed by atoms with van der Waals surface area (Å²) in [4.78, 5) is 32.6. The molecule has 0 N–H and O–H groups in total. The molecule has 2 aromatic carbocycles. The number of benzene rings is 2. The second-order valence-corrected chi connectivity index (χ2v) is 8.11. The first-order chi connectivity index (χ1) is 16.3. The molecule has 2 aliphatic rings. The predicted molar refractivity (Wildman–Crippen MR) is 116 cm³/mol. The highest BCUT2D eigenvalue weighted by atomic mass is 19.4. The number of nitrogens with zero attached hydrogens (tertiary/aromatic N) is 4. The number of allylic oxidation sites excluding steroid dienone is 1. The second-order valence-electron chi connectivity index (χ2n) is 8.11. The number of hydrogen-bond donors (Lipinski definition) is 0. The molecule has 34 heavy (non-hydrogen) atoms. The lowest BCUT2D eigenvalue weighted by atomic mass is 10.0. The number of amides is 2. The first-order valence-corrected chi connectivity index (χ1v) is 10.7. The van der Waals surface area contributed by atoms with Crippen LogP contribution in [-0.2, 0) is 12.6 Å². The Labute approximate surface area is 192 Å². The van der Waals surface area contributed by atoms with Gasteiger partial charge in [-0.2, -0.15) is 18.2 Å². The van der Waals surface area contributed by atoms with Crippen LogP contribution >= 0.6 is 0 Å². The molecule has 0 saturated carbocycles. The van der Waals surface area contributed by atoms with Crippen molar-refractivity contribution in [2.75, 3.05) is 26.2 Å². The van der Waals surface area contributed by atoms with Gasteiger partial charge in [-0.05, 0) is 41.8 Å². The van der Waals surface area contributed by atoms with E-state index in [1.165, 1.54) is 12.1 Å². The molecule has 1 fully saturated rings. The van der Waals surface area contributed by atoms with Gasteiger partial charge in [0, 0.05) is 42.9 Å². The van der Waals surface area contributed by atoms with Gasteiger partial charge in [0.1, 0.15) is 0 Å². The van der Waals surface area contributed by atoms with Gasteiger partial charge in [0.2, 0.25) is 5.82 Å². The van der Waals surface area contributed by atoms with E-state index < -0.39 is 12.1 Å². The fourth-order valence-corrected chi connectivity index (χ4v) is 4.12. The summed E-state index contributed by atoms with van der Waals surface area (Å²) in [5.74, 6) is -2.04. The normalized spacial score (nSPS) is 15.5. The van der Waals surface area contributed by atoms with Gasteiger partial charge in [0.15, 0.2) is 0 Å². The van der Waals surface area contributed by atoms with E-state index in [9.17, 15) is 22.8 Å². The van der Waals surface area contributed by atoms with Gasteiger partial charge in [-0.3, -0.25) is 9.59 Å². The minimum absolute atomic E-state index is 0.0682. The molecule has 0 bridgehead atoms. The third-order valence-corrected chi connectivity index (χ3v) is 5.92. The molecule has 2 heterocycles. The van der Waals surface area contributed by atoms with Crippen LogP contribution in [0.25, 0.3) is 17.5 Å². The summed E-state index contributed by atoms with van der Waals surface area (Å²) < 4.78 is 42.5. The Kier molecular flexibility index (Phi) is 5.43. The average Bonchev–Trinajstić information content (AvgIpc) is 3.53. The molecular weight excluding hydrogens is 449 g/mol. The second kappa shape index (κ2) is 8.44. The zero-order valence-corrected chi connectivity index (χ0v) is 17.9. The number of alkyl halides is 3. The molecule has 1 aliphatic carbocycles. The zero-order valence-electron chi connectivity index (χ0n) is 17.9. The maximum atomic E-state index is 13.0. The van der Waals surface area contributed by atoms with Crippen LogP contribution in [0.4, 0.5) is 13.2 Å². The molecule has 0 unspecified atom stereocenters. The standard InChI is InChI=1S/C24H19F3N4O3/c25-24(26,27)23-28-20(29-34-23)17-5-2-6-18(14-17)21(32)30-9-11-31(12-10-30)22(33)19-8-7-15-3-1-4-16(15)13-19/h1-3,5-8,13-14H,4,9-12H2.